The van der Waals surface area contributed by atoms with Crippen molar-refractivity contribution in [3.63, 3.8) is 0 Å². The van der Waals surface area contributed by atoms with Gasteiger partial charge in [-0.2, -0.15) is 4.98 Å². The van der Waals surface area contributed by atoms with Gasteiger partial charge in [0.1, 0.15) is 17.1 Å². The smallest absolute Gasteiger partial charge is 0.267 e. The Morgan fingerprint density at radius 2 is 1.71 bits per heavy atom. The van der Waals surface area contributed by atoms with Crippen molar-refractivity contribution in [2.75, 3.05) is 43.9 Å². The number of piperazine rings is 1. The second kappa shape index (κ2) is 9.35. The highest BCUT2D eigenvalue weighted by Gasteiger charge is 2.23. The summed E-state index contributed by atoms with van der Waals surface area (Å²) in [6.45, 7) is 8.71. The molecule has 1 aliphatic heterocycles. The minimum Gasteiger partial charge on any atom is -0.457 e. The molecule has 1 fully saturated rings. The van der Waals surface area contributed by atoms with Crippen LogP contribution in [-0.2, 0) is 0 Å². The van der Waals surface area contributed by atoms with Gasteiger partial charge in [0.15, 0.2) is 0 Å². The van der Waals surface area contributed by atoms with Gasteiger partial charge in [-0.25, -0.2) is 4.98 Å². The first-order valence-electron chi connectivity index (χ1n) is 11.8. The molecule has 0 amide bonds. The van der Waals surface area contributed by atoms with Crippen molar-refractivity contribution >= 4 is 22.5 Å². The number of anilines is 2. The van der Waals surface area contributed by atoms with Gasteiger partial charge >= 0.3 is 0 Å². The summed E-state index contributed by atoms with van der Waals surface area (Å²) in [6.07, 6.45) is 1.61. The fourth-order valence-corrected chi connectivity index (χ4v) is 4.38. The molecule has 2 aromatic heterocycles. The van der Waals surface area contributed by atoms with Crippen LogP contribution in [0.1, 0.15) is 37.1 Å². The Kier molecular flexibility index (Phi) is 6.11. The highest BCUT2D eigenvalue weighted by atomic mass is 16.5. The van der Waals surface area contributed by atoms with Crippen molar-refractivity contribution in [3.05, 3.63) is 72.2 Å². The van der Waals surface area contributed by atoms with Gasteiger partial charge in [-0.05, 0) is 42.8 Å². The summed E-state index contributed by atoms with van der Waals surface area (Å²) >= 11 is 0. The molecule has 5 rings (SSSR count). The number of aromatic nitrogens is 2. The molecule has 1 aliphatic rings. The average molecular weight is 458 g/mol. The average Bonchev–Trinajstić information content (AvgIpc) is 3.33. The van der Waals surface area contributed by atoms with Crippen LogP contribution in [0, 0.1) is 0 Å². The van der Waals surface area contributed by atoms with Gasteiger partial charge in [-0.3, -0.25) is 0 Å². The maximum Gasteiger partial charge on any atom is 0.267 e. The van der Waals surface area contributed by atoms with Crippen molar-refractivity contribution < 1.29 is 9.15 Å². The van der Waals surface area contributed by atoms with Gasteiger partial charge in [0.05, 0.1) is 6.26 Å². The maximum atomic E-state index is 6.06. The Morgan fingerprint density at radius 1 is 0.941 bits per heavy atom. The summed E-state index contributed by atoms with van der Waals surface area (Å²) in [5.74, 6) is 2.05. The number of furan rings is 1. The van der Waals surface area contributed by atoms with E-state index in [4.69, 9.17) is 24.9 Å². The normalized spacial score (nSPS) is 16.5. The Morgan fingerprint density at radius 3 is 2.44 bits per heavy atom. The van der Waals surface area contributed by atoms with Crippen LogP contribution >= 0.6 is 0 Å². The van der Waals surface area contributed by atoms with E-state index in [1.165, 1.54) is 11.3 Å². The SMILES string of the molecule is CC(c1ccc(N2CCN(C)CC2)cc1)C(C)c1nc(Oc2cccc(N)c2)c2occc2n1. The molecular weight excluding hydrogens is 426 g/mol. The molecule has 3 heterocycles. The lowest BCUT2D eigenvalue weighted by atomic mass is 9.88. The molecule has 0 bridgehead atoms. The van der Waals surface area contributed by atoms with E-state index in [2.05, 4.69) is 55.0 Å². The molecule has 4 aromatic rings. The minimum atomic E-state index is 0.0805. The van der Waals surface area contributed by atoms with E-state index in [-0.39, 0.29) is 11.8 Å². The van der Waals surface area contributed by atoms with Crippen molar-refractivity contribution in [2.45, 2.75) is 25.7 Å². The van der Waals surface area contributed by atoms with E-state index < -0.39 is 0 Å². The van der Waals surface area contributed by atoms with Crippen molar-refractivity contribution in [3.8, 4) is 11.6 Å². The summed E-state index contributed by atoms with van der Waals surface area (Å²) in [4.78, 5) is 14.4. The molecule has 2 aromatic carbocycles. The zero-order valence-electron chi connectivity index (χ0n) is 19.9. The molecule has 7 nitrogen and oxygen atoms in total. The largest absolute Gasteiger partial charge is 0.457 e. The molecule has 34 heavy (non-hydrogen) atoms. The van der Waals surface area contributed by atoms with Crippen LogP contribution < -0.4 is 15.4 Å². The molecule has 2 N–H and O–H groups in total. The van der Waals surface area contributed by atoms with Gasteiger partial charge in [-0.1, -0.05) is 32.0 Å². The predicted molar refractivity (Wildman–Crippen MR) is 136 cm³/mol. The van der Waals surface area contributed by atoms with Crippen LogP contribution in [0.3, 0.4) is 0 Å². The third kappa shape index (κ3) is 4.56. The van der Waals surface area contributed by atoms with Crippen LogP contribution in [0.2, 0.25) is 0 Å². The lowest BCUT2D eigenvalue weighted by molar-refractivity contribution is 0.313. The van der Waals surface area contributed by atoms with Crippen LogP contribution in [0.4, 0.5) is 11.4 Å². The molecule has 7 heteroatoms. The second-order valence-corrected chi connectivity index (χ2v) is 9.16. The van der Waals surface area contributed by atoms with Crippen molar-refractivity contribution in [2.24, 2.45) is 0 Å². The van der Waals surface area contributed by atoms with E-state index >= 15 is 0 Å². The third-order valence-corrected chi connectivity index (χ3v) is 6.81. The number of rotatable bonds is 6. The summed E-state index contributed by atoms with van der Waals surface area (Å²) in [7, 11) is 2.18. The Hall–Kier alpha value is -3.58. The zero-order chi connectivity index (χ0) is 23.7. The van der Waals surface area contributed by atoms with Crippen LogP contribution in [0.25, 0.3) is 11.1 Å². The summed E-state index contributed by atoms with van der Waals surface area (Å²) < 4.78 is 11.7. The monoisotopic (exact) mass is 457 g/mol. The first kappa shape index (κ1) is 22.2. The number of hydrogen-bond acceptors (Lipinski definition) is 7. The number of nitrogens with zero attached hydrogens (tertiary/aromatic N) is 4. The fourth-order valence-electron chi connectivity index (χ4n) is 4.38. The van der Waals surface area contributed by atoms with E-state index in [0.717, 1.165) is 37.5 Å². The lowest BCUT2D eigenvalue weighted by Crippen LogP contribution is -2.44. The van der Waals surface area contributed by atoms with Gasteiger partial charge < -0.3 is 24.7 Å². The Bertz CT molecular complexity index is 1260. The molecule has 176 valence electrons. The Labute approximate surface area is 200 Å². The number of benzene rings is 2. The highest BCUT2D eigenvalue weighted by molar-refractivity contribution is 5.77. The number of fused-ring (bicyclic) bond motifs is 1. The van der Waals surface area contributed by atoms with E-state index in [1.54, 1.807) is 12.3 Å². The number of nitrogen functional groups attached to an aromatic ring is 1. The minimum absolute atomic E-state index is 0.0805. The molecule has 0 spiro atoms. The lowest BCUT2D eigenvalue weighted by Gasteiger charge is -2.34. The fraction of sp³-hybridized carbons (Fsp3) is 0.333. The highest BCUT2D eigenvalue weighted by Crippen LogP contribution is 2.35. The first-order chi connectivity index (χ1) is 16.5. The summed E-state index contributed by atoms with van der Waals surface area (Å²) in [6, 6.07) is 18.1. The Balaban J connectivity index is 1.38. The second-order valence-electron chi connectivity index (χ2n) is 9.16. The topological polar surface area (TPSA) is 80.7 Å². The van der Waals surface area contributed by atoms with E-state index in [0.29, 0.717) is 22.9 Å². The van der Waals surface area contributed by atoms with Crippen molar-refractivity contribution in [1.29, 1.82) is 0 Å². The predicted octanol–water partition coefficient (Wildman–Crippen LogP) is 5.26. The van der Waals surface area contributed by atoms with Gasteiger partial charge in [-0.15, -0.1) is 0 Å². The molecule has 0 aliphatic carbocycles. The summed E-state index contributed by atoms with van der Waals surface area (Å²) in [5, 5.41) is 0. The molecule has 0 saturated carbocycles. The zero-order valence-corrected chi connectivity index (χ0v) is 19.9. The van der Waals surface area contributed by atoms with Gasteiger partial charge in [0, 0.05) is 55.6 Å². The van der Waals surface area contributed by atoms with Gasteiger partial charge in [0.25, 0.3) is 5.88 Å². The first-order valence-corrected chi connectivity index (χ1v) is 11.8. The molecule has 0 radical (unpaired) electrons. The number of ether oxygens (including phenoxy) is 1. The third-order valence-electron chi connectivity index (χ3n) is 6.81. The van der Waals surface area contributed by atoms with Crippen LogP contribution in [0.15, 0.2) is 65.3 Å². The number of hydrogen-bond donors (Lipinski definition) is 1. The summed E-state index contributed by atoms with van der Waals surface area (Å²) in [5.41, 5.74) is 10.3. The maximum absolute atomic E-state index is 6.06. The van der Waals surface area contributed by atoms with Gasteiger partial charge in [0.2, 0.25) is 5.58 Å². The van der Waals surface area contributed by atoms with Crippen LogP contribution in [-0.4, -0.2) is 48.1 Å². The van der Waals surface area contributed by atoms with Crippen LogP contribution in [0.5, 0.6) is 11.6 Å². The molecule has 2 unspecified atom stereocenters. The number of likely N-dealkylation sites (N-methyl/N-ethyl adjacent to an activating group) is 1. The number of nitrogens with two attached hydrogens (primary N) is 1. The molecule has 1 saturated heterocycles. The molecule has 2 atom stereocenters. The molecular formula is C27H31N5O2. The standard InChI is InChI=1S/C27H31N5O2/c1-18(20-7-9-22(10-8-20)32-14-12-31(3)13-15-32)19(2)26-29-24-11-16-33-25(24)27(30-26)34-23-6-4-5-21(28)17-23/h4-11,16-19H,12-15,28H2,1-3H3. The quantitative estimate of drug-likeness (QED) is 0.396. The van der Waals surface area contributed by atoms with E-state index in [9.17, 15) is 0 Å². The van der Waals surface area contributed by atoms with E-state index in [1.807, 2.05) is 24.3 Å². The van der Waals surface area contributed by atoms with Crippen molar-refractivity contribution in [1.82, 2.24) is 14.9 Å².